The molecule has 0 radical (unpaired) electrons. The number of anilines is 1. The first-order valence-corrected chi connectivity index (χ1v) is 8.94. The van der Waals surface area contributed by atoms with Gasteiger partial charge in [-0.25, -0.2) is 18.4 Å². The molecule has 0 saturated heterocycles. The number of hydrogen-bond acceptors (Lipinski definition) is 5. The fourth-order valence-electron chi connectivity index (χ4n) is 2.21. The second-order valence-corrected chi connectivity index (χ2v) is 7.12. The predicted molar refractivity (Wildman–Crippen MR) is 85.9 cm³/mol. The van der Waals surface area contributed by atoms with Gasteiger partial charge in [-0.05, 0) is 30.2 Å². The molecule has 0 spiro atoms. The third kappa shape index (κ3) is 4.81. The minimum Gasteiger partial charge on any atom is -0.495 e. The molecule has 0 saturated carbocycles. The minimum atomic E-state index is -4.55. The summed E-state index contributed by atoms with van der Waals surface area (Å²) < 4.78 is 68.7. The van der Waals surface area contributed by atoms with E-state index in [-0.39, 0.29) is 24.4 Å². The van der Waals surface area contributed by atoms with Crippen molar-refractivity contribution in [1.29, 1.82) is 0 Å². The monoisotopic (exact) mass is 375 g/mol. The highest BCUT2D eigenvalue weighted by atomic mass is 32.2. The van der Waals surface area contributed by atoms with Crippen molar-refractivity contribution >= 4 is 15.7 Å². The molecule has 0 atom stereocenters. The van der Waals surface area contributed by atoms with Gasteiger partial charge in [0.25, 0.3) is 0 Å². The molecule has 25 heavy (non-hydrogen) atoms. The SMILES string of the molecule is COc1cc(C(F)(F)F)ccc1N(CCc1cncnc1)S(C)(=O)=O. The molecule has 1 aromatic carbocycles. The number of benzene rings is 1. The summed E-state index contributed by atoms with van der Waals surface area (Å²) in [4.78, 5) is 7.68. The lowest BCUT2D eigenvalue weighted by atomic mass is 10.1. The van der Waals surface area contributed by atoms with Crippen LogP contribution in [0.2, 0.25) is 0 Å². The zero-order valence-electron chi connectivity index (χ0n) is 13.5. The number of halogens is 3. The maximum Gasteiger partial charge on any atom is 0.416 e. The van der Waals surface area contributed by atoms with Crippen LogP contribution < -0.4 is 9.04 Å². The van der Waals surface area contributed by atoms with Gasteiger partial charge < -0.3 is 4.74 Å². The molecule has 0 unspecified atom stereocenters. The maximum atomic E-state index is 12.8. The largest absolute Gasteiger partial charge is 0.495 e. The van der Waals surface area contributed by atoms with Gasteiger partial charge in [0.2, 0.25) is 10.0 Å². The summed E-state index contributed by atoms with van der Waals surface area (Å²) in [6.45, 7) is 0.00787. The number of aromatic nitrogens is 2. The van der Waals surface area contributed by atoms with E-state index >= 15 is 0 Å². The van der Waals surface area contributed by atoms with Gasteiger partial charge in [-0.15, -0.1) is 0 Å². The summed E-state index contributed by atoms with van der Waals surface area (Å²) in [6, 6.07) is 2.69. The summed E-state index contributed by atoms with van der Waals surface area (Å²) in [5.74, 6) is -0.176. The second-order valence-electron chi connectivity index (χ2n) is 5.22. The molecular formula is C15H16F3N3O3S. The van der Waals surface area contributed by atoms with E-state index < -0.39 is 21.8 Å². The van der Waals surface area contributed by atoms with Crippen molar-refractivity contribution in [3.8, 4) is 5.75 Å². The van der Waals surface area contributed by atoms with Gasteiger partial charge in [-0.1, -0.05) is 0 Å². The number of ether oxygens (including phenoxy) is 1. The van der Waals surface area contributed by atoms with Crippen molar-refractivity contribution in [2.75, 3.05) is 24.2 Å². The van der Waals surface area contributed by atoms with Gasteiger partial charge in [0.15, 0.2) is 0 Å². The molecule has 0 amide bonds. The van der Waals surface area contributed by atoms with Crippen LogP contribution in [0.3, 0.4) is 0 Å². The van der Waals surface area contributed by atoms with Gasteiger partial charge >= 0.3 is 6.18 Å². The lowest BCUT2D eigenvalue weighted by Gasteiger charge is -2.25. The lowest BCUT2D eigenvalue weighted by Crippen LogP contribution is -2.32. The Morgan fingerprint density at radius 1 is 1.20 bits per heavy atom. The molecule has 0 fully saturated rings. The van der Waals surface area contributed by atoms with Gasteiger partial charge in [0.05, 0.1) is 24.6 Å². The van der Waals surface area contributed by atoms with Crippen LogP contribution in [-0.4, -0.2) is 38.3 Å². The van der Waals surface area contributed by atoms with E-state index in [0.29, 0.717) is 5.56 Å². The summed E-state index contributed by atoms with van der Waals surface area (Å²) in [5, 5.41) is 0. The molecule has 0 bridgehead atoms. The van der Waals surface area contributed by atoms with Crippen LogP contribution in [-0.2, 0) is 22.6 Å². The highest BCUT2D eigenvalue weighted by Crippen LogP contribution is 2.37. The lowest BCUT2D eigenvalue weighted by molar-refractivity contribution is -0.137. The first-order chi connectivity index (χ1) is 11.6. The summed E-state index contributed by atoms with van der Waals surface area (Å²) in [6.07, 6.45) is 1.14. The third-order valence-corrected chi connectivity index (χ3v) is 4.57. The standard InChI is InChI=1S/C15H16F3N3O3S/c1-24-14-7-12(15(16,17)18)3-4-13(14)21(25(2,22)23)6-5-11-8-19-10-20-9-11/h3-4,7-10H,5-6H2,1-2H3. The molecule has 0 aliphatic carbocycles. The first-order valence-electron chi connectivity index (χ1n) is 7.10. The fourth-order valence-corrected chi connectivity index (χ4v) is 3.15. The smallest absolute Gasteiger partial charge is 0.416 e. The number of alkyl halides is 3. The first kappa shape index (κ1) is 19.0. The zero-order chi connectivity index (χ0) is 18.7. The molecule has 1 aromatic heterocycles. The molecule has 1 heterocycles. The second kappa shape index (κ2) is 7.26. The van der Waals surface area contributed by atoms with E-state index in [0.717, 1.165) is 28.8 Å². The van der Waals surface area contributed by atoms with Crippen molar-refractivity contribution in [3.63, 3.8) is 0 Å². The van der Waals surface area contributed by atoms with E-state index in [1.165, 1.54) is 25.8 Å². The highest BCUT2D eigenvalue weighted by Gasteiger charge is 2.32. The van der Waals surface area contributed by atoms with Crippen LogP contribution in [0.5, 0.6) is 5.75 Å². The Morgan fingerprint density at radius 3 is 2.36 bits per heavy atom. The third-order valence-electron chi connectivity index (χ3n) is 3.39. The van der Waals surface area contributed by atoms with E-state index in [1.807, 2.05) is 0 Å². The number of rotatable bonds is 6. The van der Waals surface area contributed by atoms with Gasteiger partial charge in [0, 0.05) is 18.9 Å². The van der Waals surface area contributed by atoms with Crippen molar-refractivity contribution in [1.82, 2.24) is 9.97 Å². The molecule has 2 rings (SSSR count). The van der Waals surface area contributed by atoms with E-state index in [2.05, 4.69) is 9.97 Å². The zero-order valence-corrected chi connectivity index (χ0v) is 14.3. The summed E-state index contributed by atoms with van der Waals surface area (Å²) in [5.41, 5.74) is -0.185. The van der Waals surface area contributed by atoms with E-state index in [4.69, 9.17) is 4.74 Å². The van der Waals surface area contributed by atoms with E-state index in [1.54, 1.807) is 0 Å². The molecule has 6 nitrogen and oxygen atoms in total. The van der Waals surface area contributed by atoms with Crippen LogP contribution in [0.25, 0.3) is 0 Å². The summed E-state index contributed by atoms with van der Waals surface area (Å²) >= 11 is 0. The van der Waals surface area contributed by atoms with Gasteiger partial charge in [-0.3, -0.25) is 4.31 Å². The number of methoxy groups -OCH3 is 1. The average molecular weight is 375 g/mol. The van der Waals surface area contributed by atoms with Gasteiger partial charge in [0.1, 0.15) is 12.1 Å². The van der Waals surface area contributed by atoms with Crippen LogP contribution in [0.1, 0.15) is 11.1 Å². The Balaban J connectivity index is 2.38. The highest BCUT2D eigenvalue weighted by molar-refractivity contribution is 7.92. The maximum absolute atomic E-state index is 12.8. The Labute approximate surface area is 143 Å². The predicted octanol–water partition coefficient (Wildman–Crippen LogP) is 2.51. The Morgan fingerprint density at radius 2 is 1.84 bits per heavy atom. The Hall–Kier alpha value is -2.36. The van der Waals surface area contributed by atoms with Crippen molar-refractivity contribution in [2.24, 2.45) is 0 Å². The quantitative estimate of drug-likeness (QED) is 0.776. The van der Waals surface area contributed by atoms with Crippen LogP contribution in [0.15, 0.2) is 36.9 Å². The van der Waals surface area contributed by atoms with Gasteiger partial charge in [-0.2, -0.15) is 13.2 Å². The van der Waals surface area contributed by atoms with E-state index in [9.17, 15) is 21.6 Å². The molecule has 0 aliphatic rings. The van der Waals surface area contributed by atoms with Crippen LogP contribution >= 0.6 is 0 Å². The molecule has 0 N–H and O–H groups in total. The van der Waals surface area contributed by atoms with Crippen molar-refractivity contribution in [3.05, 3.63) is 48.0 Å². The minimum absolute atomic E-state index is 0.00787. The number of sulfonamides is 1. The summed E-state index contributed by atoms with van der Waals surface area (Å²) in [7, 11) is -2.55. The topological polar surface area (TPSA) is 72.4 Å². The normalized spacial score (nSPS) is 12.0. The number of nitrogens with zero attached hydrogens (tertiary/aromatic N) is 3. The van der Waals surface area contributed by atoms with Crippen molar-refractivity contribution < 1.29 is 26.3 Å². The molecular weight excluding hydrogens is 359 g/mol. The molecule has 2 aromatic rings. The van der Waals surface area contributed by atoms with Crippen molar-refractivity contribution in [2.45, 2.75) is 12.6 Å². The Kier molecular flexibility index (Phi) is 5.51. The molecule has 10 heteroatoms. The van der Waals surface area contributed by atoms with Crippen LogP contribution in [0, 0.1) is 0 Å². The van der Waals surface area contributed by atoms with Crippen LogP contribution in [0.4, 0.5) is 18.9 Å². The fraction of sp³-hybridized carbons (Fsp3) is 0.333. The molecule has 136 valence electrons. The Bertz CT molecular complexity index is 827. The number of hydrogen-bond donors (Lipinski definition) is 0. The average Bonchev–Trinajstić information content (AvgIpc) is 2.54. The molecule has 0 aliphatic heterocycles.